The summed E-state index contributed by atoms with van der Waals surface area (Å²) < 4.78 is 11.1. The molecule has 0 unspecified atom stereocenters. The number of hydrogen-bond donors (Lipinski definition) is 1. The Morgan fingerprint density at radius 1 is 1.04 bits per heavy atom. The van der Waals surface area contributed by atoms with Gasteiger partial charge in [-0.3, -0.25) is 0 Å². The summed E-state index contributed by atoms with van der Waals surface area (Å²) in [5, 5.41) is 9.76. The van der Waals surface area contributed by atoms with Crippen molar-refractivity contribution in [1.29, 1.82) is 5.26 Å². The van der Waals surface area contributed by atoms with Gasteiger partial charge in [-0.15, -0.1) is 0 Å². The fourth-order valence-electron chi connectivity index (χ4n) is 3.18. The first kappa shape index (κ1) is 18.3. The average molecular weight is 359 g/mol. The smallest absolute Gasteiger partial charge is 0.161 e. The molecule has 2 aromatic carbocycles. The van der Waals surface area contributed by atoms with E-state index in [1.165, 1.54) is 0 Å². The molecule has 136 valence electrons. The van der Waals surface area contributed by atoms with Crippen molar-refractivity contribution < 1.29 is 9.47 Å². The van der Waals surface area contributed by atoms with Gasteiger partial charge in [0.05, 0.1) is 13.7 Å². The molecule has 0 atom stereocenters. The molecule has 0 radical (unpaired) electrons. The van der Waals surface area contributed by atoms with Crippen LogP contribution in [0.3, 0.4) is 0 Å². The van der Waals surface area contributed by atoms with Gasteiger partial charge in [0.25, 0.3) is 0 Å². The first-order chi connectivity index (χ1) is 13.1. The Kier molecular flexibility index (Phi) is 5.28. The monoisotopic (exact) mass is 359 g/mol. The molecule has 0 aliphatic carbocycles. The highest BCUT2D eigenvalue weighted by Gasteiger charge is 2.20. The number of methoxy groups -OCH3 is 1. The van der Waals surface area contributed by atoms with Crippen molar-refractivity contribution in [2.24, 2.45) is 0 Å². The SMILES string of the molecule is CCOc1ccc(-c2c(C#N)c(N)nc(C)c2-c2ccccc2)cc1OC. The number of pyridine rings is 1. The Bertz CT molecular complexity index is 1010. The third kappa shape index (κ3) is 3.42. The van der Waals surface area contributed by atoms with Gasteiger partial charge in [-0.2, -0.15) is 5.26 Å². The quantitative estimate of drug-likeness (QED) is 0.721. The Morgan fingerprint density at radius 2 is 1.78 bits per heavy atom. The molecule has 2 N–H and O–H groups in total. The molecule has 0 amide bonds. The van der Waals surface area contributed by atoms with Crippen molar-refractivity contribution >= 4 is 5.82 Å². The predicted octanol–water partition coefficient (Wildman–Crippen LogP) is 4.59. The van der Waals surface area contributed by atoms with Crippen LogP contribution in [0.25, 0.3) is 22.3 Å². The van der Waals surface area contributed by atoms with Crippen LogP contribution in [0.5, 0.6) is 11.5 Å². The number of ether oxygens (including phenoxy) is 2. The van der Waals surface area contributed by atoms with E-state index < -0.39 is 0 Å². The van der Waals surface area contributed by atoms with Gasteiger partial charge in [-0.05, 0) is 37.1 Å². The summed E-state index contributed by atoms with van der Waals surface area (Å²) in [6.07, 6.45) is 0. The zero-order valence-corrected chi connectivity index (χ0v) is 15.6. The third-order valence-electron chi connectivity index (χ3n) is 4.33. The van der Waals surface area contributed by atoms with Crippen molar-refractivity contribution in [2.75, 3.05) is 19.5 Å². The lowest BCUT2D eigenvalue weighted by molar-refractivity contribution is 0.311. The van der Waals surface area contributed by atoms with Crippen molar-refractivity contribution in [3.8, 4) is 39.8 Å². The minimum atomic E-state index is 0.220. The summed E-state index contributed by atoms with van der Waals surface area (Å²) in [4.78, 5) is 4.40. The molecule has 1 aromatic heterocycles. The molecule has 0 saturated heterocycles. The van der Waals surface area contributed by atoms with Crippen molar-refractivity contribution in [1.82, 2.24) is 4.98 Å². The first-order valence-corrected chi connectivity index (χ1v) is 8.67. The lowest BCUT2D eigenvalue weighted by Crippen LogP contribution is -2.03. The molecule has 0 fully saturated rings. The van der Waals surface area contributed by atoms with Crippen molar-refractivity contribution in [2.45, 2.75) is 13.8 Å². The van der Waals surface area contributed by atoms with Crippen LogP contribution in [0.2, 0.25) is 0 Å². The van der Waals surface area contributed by atoms with E-state index >= 15 is 0 Å². The number of aromatic nitrogens is 1. The van der Waals surface area contributed by atoms with Crippen LogP contribution in [-0.2, 0) is 0 Å². The summed E-state index contributed by atoms with van der Waals surface area (Å²) >= 11 is 0. The maximum absolute atomic E-state index is 9.76. The normalized spacial score (nSPS) is 10.3. The van der Waals surface area contributed by atoms with Gasteiger partial charge in [0, 0.05) is 16.8 Å². The molecular formula is C22H21N3O2. The summed E-state index contributed by atoms with van der Waals surface area (Å²) in [6, 6.07) is 17.7. The Hall–Kier alpha value is -3.52. The number of anilines is 1. The lowest BCUT2D eigenvalue weighted by atomic mass is 9.90. The molecule has 0 aliphatic heterocycles. The number of benzene rings is 2. The fourth-order valence-corrected chi connectivity index (χ4v) is 3.18. The lowest BCUT2D eigenvalue weighted by Gasteiger charge is -2.17. The highest BCUT2D eigenvalue weighted by molar-refractivity contribution is 5.91. The van der Waals surface area contributed by atoms with E-state index in [0.29, 0.717) is 23.7 Å². The molecule has 5 nitrogen and oxygen atoms in total. The predicted molar refractivity (Wildman–Crippen MR) is 107 cm³/mol. The van der Waals surface area contributed by atoms with Crippen LogP contribution >= 0.6 is 0 Å². The second kappa shape index (κ2) is 7.79. The van der Waals surface area contributed by atoms with Crippen LogP contribution in [-0.4, -0.2) is 18.7 Å². The van der Waals surface area contributed by atoms with Crippen LogP contribution in [0.15, 0.2) is 48.5 Å². The standard InChI is InChI=1S/C22H21N3O2/c1-4-27-18-11-10-16(12-19(18)26-3)21-17(13-23)22(24)25-14(2)20(21)15-8-6-5-7-9-15/h5-12H,4H2,1-3H3,(H2,24,25). The first-order valence-electron chi connectivity index (χ1n) is 8.67. The van der Waals surface area contributed by atoms with Gasteiger partial charge in [0.15, 0.2) is 11.5 Å². The largest absolute Gasteiger partial charge is 0.493 e. The molecule has 3 rings (SSSR count). The number of rotatable bonds is 5. The molecule has 0 saturated carbocycles. The Labute approximate surface area is 159 Å². The second-order valence-electron chi connectivity index (χ2n) is 5.98. The Balaban J connectivity index is 2.34. The van der Waals surface area contributed by atoms with E-state index in [-0.39, 0.29) is 5.82 Å². The van der Waals surface area contributed by atoms with Gasteiger partial charge >= 0.3 is 0 Å². The number of nitriles is 1. The van der Waals surface area contributed by atoms with Crippen LogP contribution in [0.1, 0.15) is 18.2 Å². The van der Waals surface area contributed by atoms with E-state index in [1.807, 2.05) is 62.4 Å². The molecule has 27 heavy (non-hydrogen) atoms. The maximum atomic E-state index is 9.76. The minimum absolute atomic E-state index is 0.220. The molecule has 3 aromatic rings. The molecule has 0 aliphatic rings. The number of nitrogens with zero attached hydrogens (tertiary/aromatic N) is 2. The average Bonchev–Trinajstić information content (AvgIpc) is 2.68. The maximum Gasteiger partial charge on any atom is 0.161 e. The van der Waals surface area contributed by atoms with Crippen LogP contribution < -0.4 is 15.2 Å². The Morgan fingerprint density at radius 3 is 2.41 bits per heavy atom. The van der Waals surface area contributed by atoms with Gasteiger partial charge in [-0.25, -0.2) is 4.98 Å². The molecule has 1 heterocycles. The fraction of sp³-hybridized carbons (Fsp3) is 0.182. The van der Waals surface area contributed by atoms with E-state index in [4.69, 9.17) is 15.2 Å². The summed E-state index contributed by atoms with van der Waals surface area (Å²) in [5.41, 5.74) is 10.6. The van der Waals surface area contributed by atoms with E-state index in [1.54, 1.807) is 7.11 Å². The number of nitrogens with two attached hydrogens (primary N) is 1. The van der Waals surface area contributed by atoms with Crippen LogP contribution in [0, 0.1) is 18.3 Å². The van der Waals surface area contributed by atoms with Crippen molar-refractivity contribution in [3.63, 3.8) is 0 Å². The van der Waals surface area contributed by atoms with E-state index in [2.05, 4.69) is 11.1 Å². The zero-order chi connectivity index (χ0) is 19.4. The summed E-state index contributed by atoms with van der Waals surface area (Å²) in [6.45, 7) is 4.35. The van der Waals surface area contributed by atoms with Crippen molar-refractivity contribution in [3.05, 3.63) is 59.8 Å². The van der Waals surface area contributed by atoms with E-state index in [0.717, 1.165) is 27.9 Å². The van der Waals surface area contributed by atoms with Gasteiger partial charge in [-0.1, -0.05) is 36.4 Å². The van der Waals surface area contributed by atoms with E-state index in [9.17, 15) is 5.26 Å². The highest BCUT2D eigenvalue weighted by atomic mass is 16.5. The number of aryl methyl sites for hydroxylation is 1. The van der Waals surface area contributed by atoms with Gasteiger partial charge in [0.1, 0.15) is 17.5 Å². The summed E-state index contributed by atoms with van der Waals surface area (Å²) in [5.74, 6) is 1.48. The van der Waals surface area contributed by atoms with Gasteiger partial charge < -0.3 is 15.2 Å². The minimum Gasteiger partial charge on any atom is -0.493 e. The number of hydrogen-bond acceptors (Lipinski definition) is 5. The van der Waals surface area contributed by atoms with Gasteiger partial charge in [0.2, 0.25) is 0 Å². The zero-order valence-electron chi connectivity index (χ0n) is 15.6. The molecular weight excluding hydrogens is 338 g/mol. The second-order valence-corrected chi connectivity index (χ2v) is 5.98. The topological polar surface area (TPSA) is 81.2 Å². The third-order valence-corrected chi connectivity index (χ3v) is 4.33. The molecule has 0 bridgehead atoms. The number of nitrogen functional groups attached to an aromatic ring is 1. The van der Waals surface area contributed by atoms with Crippen LogP contribution in [0.4, 0.5) is 5.82 Å². The summed E-state index contributed by atoms with van der Waals surface area (Å²) in [7, 11) is 1.59. The highest BCUT2D eigenvalue weighted by Crippen LogP contribution is 2.41. The molecule has 0 spiro atoms. The molecule has 5 heteroatoms.